The van der Waals surface area contributed by atoms with Crippen LogP contribution in [0.1, 0.15) is 12.1 Å². The van der Waals surface area contributed by atoms with Crippen molar-refractivity contribution in [3.63, 3.8) is 0 Å². The summed E-state index contributed by atoms with van der Waals surface area (Å²) < 4.78 is 0. The lowest BCUT2D eigenvalue weighted by Crippen LogP contribution is -2.28. The van der Waals surface area contributed by atoms with E-state index >= 15 is 0 Å². The van der Waals surface area contributed by atoms with Crippen LogP contribution >= 0.6 is 0 Å². The van der Waals surface area contributed by atoms with E-state index in [1.807, 2.05) is 13.0 Å². The zero-order valence-corrected chi connectivity index (χ0v) is 7.45. The first-order valence-electron chi connectivity index (χ1n) is 4.25. The first kappa shape index (κ1) is 8.25. The number of carbonyl (C=O) groups excluding carboxylic acids is 1. The van der Waals surface area contributed by atoms with Gasteiger partial charge in [0.05, 0.1) is 0 Å². The molecule has 1 atom stereocenters. The lowest BCUT2D eigenvalue weighted by molar-refractivity contribution is -0.117. The first-order valence-corrected chi connectivity index (χ1v) is 4.25. The highest BCUT2D eigenvalue weighted by atomic mass is 16.2. The Labute approximate surface area is 75.9 Å². The summed E-state index contributed by atoms with van der Waals surface area (Å²) in [7, 11) is 0. The third-order valence-electron chi connectivity index (χ3n) is 2.12. The van der Waals surface area contributed by atoms with Crippen LogP contribution in [0.25, 0.3) is 0 Å². The number of aromatic amines is 1. The van der Waals surface area contributed by atoms with Crippen LogP contribution in [-0.2, 0) is 4.79 Å². The second-order valence-electron chi connectivity index (χ2n) is 3.38. The van der Waals surface area contributed by atoms with E-state index in [1.165, 1.54) is 0 Å². The van der Waals surface area contributed by atoms with E-state index < -0.39 is 0 Å². The Kier molecular flexibility index (Phi) is 1.81. The van der Waals surface area contributed by atoms with Crippen molar-refractivity contribution in [3.8, 4) is 0 Å². The number of nitrogens with two attached hydrogens (primary N) is 1. The highest BCUT2D eigenvalue weighted by Crippen LogP contribution is 2.18. The number of H-pyrrole nitrogens is 1. The minimum atomic E-state index is -0.0514. The summed E-state index contributed by atoms with van der Waals surface area (Å²) in [5.41, 5.74) is 6.61. The number of rotatable bonds is 1. The SMILES string of the molecule is Cc1cc(N2CC(N)CC2=O)n[nH]1. The van der Waals surface area contributed by atoms with Crippen LogP contribution in [-0.4, -0.2) is 28.7 Å². The minimum Gasteiger partial charge on any atom is -0.326 e. The molecule has 5 nitrogen and oxygen atoms in total. The molecular weight excluding hydrogens is 168 g/mol. The summed E-state index contributed by atoms with van der Waals surface area (Å²) in [6.07, 6.45) is 0.423. The standard InChI is InChI=1S/C8H12N4O/c1-5-2-7(11-10-5)12-4-6(9)3-8(12)13/h2,6H,3-4,9H2,1H3,(H,10,11). The number of aryl methyl sites for hydroxylation is 1. The first-order chi connectivity index (χ1) is 6.16. The van der Waals surface area contributed by atoms with Gasteiger partial charge in [0, 0.05) is 30.8 Å². The van der Waals surface area contributed by atoms with Gasteiger partial charge in [-0.25, -0.2) is 0 Å². The van der Waals surface area contributed by atoms with Gasteiger partial charge >= 0.3 is 0 Å². The fraction of sp³-hybridized carbons (Fsp3) is 0.500. The summed E-state index contributed by atoms with van der Waals surface area (Å²) in [6.45, 7) is 2.47. The average Bonchev–Trinajstić information content (AvgIpc) is 2.58. The van der Waals surface area contributed by atoms with Gasteiger partial charge in [0.1, 0.15) is 0 Å². The van der Waals surface area contributed by atoms with E-state index in [4.69, 9.17) is 5.73 Å². The van der Waals surface area contributed by atoms with Crippen molar-refractivity contribution in [2.45, 2.75) is 19.4 Å². The molecule has 2 heterocycles. The number of nitrogens with zero attached hydrogens (tertiary/aromatic N) is 2. The molecule has 0 spiro atoms. The molecule has 2 rings (SSSR count). The van der Waals surface area contributed by atoms with Gasteiger partial charge < -0.3 is 5.73 Å². The molecule has 0 radical (unpaired) electrons. The molecule has 1 unspecified atom stereocenters. The van der Waals surface area contributed by atoms with Crippen molar-refractivity contribution in [1.82, 2.24) is 10.2 Å². The predicted octanol–water partition coefficient (Wildman–Crippen LogP) is -0.218. The Morgan fingerprint density at radius 2 is 2.54 bits per heavy atom. The molecule has 1 amide bonds. The molecule has 0 bridgehead atoms. The van der Waals surface area contributed by atoms with Gasteiger partial charge in [-0.1, -0.05) is 0 Å². The lowest BCUT2D eigenvalue weighted by Gasteiger charge is -2.11. The number of anilines is 1. The number of aromatic nitrogens is 2. The van der Waals surface area contributed by atoms with Gasteiger partial charge in [-0.2, -0.15) is 5.10 Å². The smallest absolute Gasteiger partial charge is 0.229 e. The van der Waals surface area contributed by atoms with Crippen molar-refractivity contribution in [2.75, 3.05) is 11.4 Å². The van der Waals surface area contributed by atoms with Crippen molar-refractivity contribution in [3.05, 3.63) is 11.8 Å². The average molecular weight is 180 g/mol. The molecule has 1 aromatic rings. The highest BCUT2D eigenvalue weighted by Gasteiger charge is 2.29. The van der Waals surface area contributed by atoms with Crippen molar-refractivity contribution in [1.29, 1.82) is 0 Å². The quantitative estimate of drug-likeness (QED) is 0.627. The van der Waals surface area contributed by atoms with Gasteiger partial charge in [0.2, 0.25) is 5.91 Å². The van der Waals surface area contributed by atoms with E-state index in [-0.39, 0.29) is 11.9 Å². The van der Waals surface area contributed by atoms with Crippen molar-refractivity contribution in [2.24, 2.45) is 5.73 Å². The zero-order chi connectivity index (χ0) is 9.42. The summed E-state index contributed by atoms with van der Waals surface area (Å²) >= 11 is 0. The number of amides is 1. The molecule has 3 N–H and O–H groups in total. The van der Waals surface area contributed by atoms with E-state index in [0.717, 1.165) is 5.69 Å². The van der Waals surface area contributed by atoms with Crippen LogP contribution < -0.4 is 10.6 Å². The number of hydrogen-bond donors (Lipinski definition) is 2. The third-order valence-corrected chi connectivity index (χ3v) is 2.12. The summed E-state index contributed by atoms with van der Waals surface area (Å²) in [5.74, 6) is 0.731. The Bertz CT molecular complexity index is 333. The molecule has 1 saturated heterocycles. The maximum absolute atomic E-state index is 11.4. The number of hydrogen-bond acceptors (Lipinski definition) is 3. The maximum Gasteiger partial charge on any atom is 0.229 e. The van der Waals surface area contributed by atoms with E-state index in [9.17, 15) is 4.79 Å². The van der Waals surface area contributed by atoms with E-state index in [1.54, 1.807) is 4.90 Å². The summed E-state index contributed by atoms with van der Waals surface area (Å²) in [5, 5.41) is 6.80. The molecule has 1 aliphatic rings. The second kappa shape index (κ2) is 2.85. The Balaban J connectivity index is 2.22. The van der Waals surface area contributed by atoms with Crippen LogP contribution in [0.2, 0.25) is 0 Å². The molecule has 70 valence electrons. The normalized spacial score (nSPS) is 22.8. The molecule has 1 aliphatic heterocycles. The van der Waals surface area contributed by atoms with E-state index in [2.05, 4.69) is 10.2 Å². The molecule has 0 saturated carbocycles. The van der Waals surface area contributed by atoms with Gasteiger partial charge in [-0.05, 0) is 6.92 Å². The molecule has 1 aromatic heterocycles. The minimum absolute atomic E-state index is 0.0514. The monoisotopic (exact) mass is 180 g/mol. The number of nitrogens with one attached hydrogen (secondary N) is 1. The molecule has 0 aromatic carbocycles. The summed E-state index contributed by atoms with van der Waals surface area (Å²) in [6, 6.07) is 1.79. The molecular formula is C8H12N4O. The van der Waals surface area contributed by atoms with Crippen LogP contribution in [0.4, 0.5) is 5.82 Å². The molecule has 13 heavy (non-hydrogen) atoms. The van der Waals surface area contributed by atoms with Crippen molar-refractivity contribution >= 4 is 11.7 Å². The number of carbonyl (C=O) groups is 1. The van der Waals surface area contributed by atoms with Gasteiger partial charge in [-0.3, -0.25) is 14.8 Å². The van der Waals surface area contributed by atoms with Crippen LogP contribution in [0.3, 0.4) is 0 Å². The largest absolute Gasteiger partial charge is 0.326 e. The van der Waals surface area contributed by atoms with Crippen LogP contribution in [0.5, 0.6) is 0 Å². The topological polar surface area (TPSA) is 75.0 Å². The molecule has 5 heteroatoms. The van der Waals surface area contributed by atoms with Gasteiger partial charge in [0.15, 0.2) is 5.82 Å². The lowest BCUT2D eigenvalue weighted by atomic mass is 10.3. The fourth-order valence-corrected chi connectivity index (χ4v) is 1.50. The van der Waals surface area contributed by atoms with Gasteiger partial charge in [0.25, 0.3) is 0 Å². The Morgan fingerprint density at radius 3 is 3.00 bits per heavy atom. The van der Waals surface area contributed by atoms with Crippen molar-refractivity contribution < 1.29 is 4.79 Å². The fourth-order valence-electron chi connectivity index (χ4n) is 1.50. The van der Waals surface area contributed by atoms with Crippen LogP contribution in [0.15, 0.2) is 6.07 Å². The summed E-state index contributed by atoms with van der Waals surface area (Å²) in [4.78, 5) is 13.0. The Morgan fingerprint density at radius 1 is 1.77 bits per heavy atom. The van der Waals surface area contributed by atoms with Crippen LogP contribution in [0, 0.1) is 6.92 Å². The van der Waals surface area contributed by atoms with E-state index in [0.29, 0.717) is 18.8 Å². The predicted molar refractivity (Wildman–Crippen MR) is 48.3 cm³/mol. The highest BCUT2D eigenvalue weighted by molar-refractivity contribution is 5.95. The zero-order valence-electron chi connectivity index (χ0n) is 7.45. The molecule has 0 aliphatic carbocycles. The Hall–Kier alpha value is -1.36. The third kappa shape index (κ3) is 1.42. The second-order valence-corrected chi connectivity index (χ2v) is 3.38. The maximum atomic E-state index is 11.4. The molecule has 1 fully saturated rings. The van der Waals surface area contributed by atoms with Gasteiger partial charge in [-0.15, -0.1) is 0 Å².